The average Bonchev–Trinajstić information content (AvgIpc) is 2.83. The predicted molar refractivity (Wildman–Crippen MR) is 88.7 cm³/mol. The first-order chi connectivity index (χ1) is 11.2. The lowest BCUT2D eigenvalue weighted by molar-refractivity contribution is -0.135. The Balaban J connectivity index is 2.57. The van der Waals surface area contributed by atoms with E-state index in [0.717, 1.165) is 10.6 Å². The first kappa shape index (κ1) is 16.9. The van der Waals surface area contributed by atoms with E-state index in [2.05, 4.69) is 0 Å². The van der Waals surface area contributed by atoms with Crippen molar-refractivity contribution in [1.29, 1.82) is 0 Å². The molecule has 3 rings (SSSR count). The quantitative estimate of drug-likeness (QED) is 0.492. The van der Waals surface area contributed by atoms with Gasteiger partial charge in [-0.2, -0.15) is 13.2 Å². The molecule has 0 aliphatic carbocycles. The topological polar surface area (TPSA) is 22.0 Å². The van der Waals surface area contributed by atoms with Crippen LogP contribution in [-0.2, 0) is 6.18 Å². The number of hydrogen-bond donors (Lipinski definition) is 0. The fraction of sp³-hybridized carbons (Fsp3) is 0.118. The van der Waals surface area contributed by atoms with Gasteiger partial charge in [0.2, 0.25) is 5.91 Å². The molecule has 0 saturated heterocycles. The Labute approximate surface area is 145 Å². The monoisotopic (exact) mass is 371 g/mol. The van der Waals surface area contributed by atoms with Gasteiger partial charge >= 0.3 is 6.18 Å². The maximum absolute atomic E-state index is 13.8. The Kier molecular flexibility index (Phi) is 4.10. The van der Waals surface area contributed by atoms with Crippen LogP contribution in [0.2, 0.25) is 10.0 Å². The highest BCUT2D eigenvalue weighted by molar-refractivity contribution is 6.43. The lowest BCUT2D eigenvalue weighted by Gasteiger charge is -2.11. The van der Waals surface area contributed by atoms with Crippen LogP contribution in [0.25, 0.3) is 22.2 Å². The van der Waals surface area contributed by atoms with Gasteiger partial charge in [-0.3, -0.25) is 9.36 Å². The number of carbonyl (C=O) groups is 1. The van der Waals surface area contributed by atoms with Crippen LogP contribution >= 0.6 is 23.2 Å². The van der Waals surface area contributed by atoms with E-state index >= 15 is 0 Å². The van der Waals surface area contributed by atoms with Gasteiger partial charge < -0.3 is 0 Å². The van der Waals surface area contributed by atoms with Gasteiger partial charge in [-0.05, 0) is 17.7 Å². The van der Waals surface area contributed by atoms with Gasteiger partial charge in [0.15, 0.2) is 0 Å². The highest BCUT2D eigenvalue weighted by Crippen LogP contribution is 2.45. The minimum atomic E-state index is -4.67. The van der Waals surface area contributed by atoms with Crippen molar-refractivity contribution in [3.8, 4) is 11.3 Å². The van der Waals surface area contributed by atoms with Crippen molar-refractivity contribution in [2.75, 3.05) is 0 Å². The number of rotatable bonds is 1. The second kappa shape index (κ2) is 5.83. The van der Waals surface area contributed by atoms with Crippen molar-refractivity contribution in [2.24, 2.45) is 0 Å². The first-order valence-corrected chi connectivity index (χ1v) is 7.64. The number of aromatic nitrogens is 1. The Bertz CT molecular complexity index is 946. The molecule has 2 nitrogen and oxygen atoms in total. The van der Waals surface area contributed by atoms with E-state index in [1.807, 2.05) is 0 Å². The summed E-state index contributed by atoms with van der Waals surface area (Å²) in [6.45, 7) is 1.20. The van der Waals surface area contributed by atoms with E-state index < -0.39 is 17.6 Å². The standard InChI is InChI=1S/C17H10Cl2F3NO/c1-9(24)23-14-8-13(19)12(18)7-11(14)15(17(20,21)22)16(23)10-5-3-2-4-6-10/h2-8H,1H3. The van der Waals surface area contributed by atoms with Gasteiger partial charge in [0.25, 0.3) is 0 Å². The number of nitrogens with zero attached hydrogens (tertiary/aromatic N) is 1. The van der Waals surface area contributed by atoms with Gasteiger partial charge in [-0.1, -0.05) is 53.5 Å². The van der Waals surface area contributed by atoms with Crippen LogP contribution in [0.15, 0.2) is 42.5 Å². The highest BCUT2D eigenvalue weighted by atomic mass is 35.5. The molecule has 0 N–H and O–H groups in total. The molecule has 0 fully saturated rings. The SMILES string of the molecule is CC(=O)n1c(-c2ccccc2)c(C(F)(F)F)c2cc(Cl)c(Cl)cc21. The third kappa shape index (κ3) is 2.68. The third-order valence-corrected chi connectivity index (χ3v) is 4.38. The van der Waals surface area contributed by atoms with Gasteiger partial charge in [-0.15, -0.1) is 0 Å². The van der Waals surface area contributed by atoms with Gasteiger partial charge in [-0.25, -0.2) is 0 Å². The third-order valence-electron chi connectivity index (χ3n) is 3.65. The molecule has 0 amide bonds. The van der Waals surface area contributed by atoms with Crippen LogP contribution in [0.3, 0.4) is 0 Å². The van der Waals surface area contributed by atoms with E-state index in [-0.39, 0.29) is 32.2 Å². The number of hydrogen-bond acceptors (Lipinski definition) is 1. The zero-order valence-corrected chi connectivity index (χ0v) is 13.8. The molecule has 0 aliphatic rings. The smallest absolute Gasteiger partial charge is 0.279 e. The number of fused-ring (bicyclic) bond motifs is 1. The molecule has 0 unspecified atom stereocenters. The Morgan fingerprint density at radius 1 is 1.04 bits per heavy atom. The molecular formula is C17H10Cl2F3NO. The Morgan fingerprint density at radius 3 is 2.17 bits per heavy atom. The Hall–Kier alpha value is -1.98. The number of halogens is 5. The Morgan fingerprint density at radius 2 is 1.62 bits per heavy atom. The van der Waals surface area contributed by atoms with E-state index in [0.29, 0.717) is 0 Å². The highest BCUT2D eigenvalue weighted by Gasteiger charge is 2.40. The minimum absolute atomic E-state index is 0.00465. The fourth-order valence-corrected chi connectivity index (χ4v) is 3.09. The summed E-state index contributed by atoms with van der Waals surface area (Å²) in [5.41, 5.74) is -0.770. The van der Waals surface area contributed by atoms with Crippen LogP contribution in [0.1, 0.15) is 17.3 Å². The number of carbonyl (C=O) groups excluding carboxylic acids is 1. The van der Waals surface area contributed by atoms with Crippen LogP contribution in [0, 0.1) is 0 Å². The maximum atomic E-state index is 13.8. The maximum Gasteiger partial charge on any atom is 0.419 e. The van der Waals surface area contributed by atoms with E-state index in [1.54, 1.807) is 18.2 Å². The molecule has 0 atom stereocenters. The summed E-state index contributed by atoms with van der Waals surface area (Å²) >= 11 is 11.9. The van der Waals surface area contributed by atoms with Crippen LogP contribution < -0.4 is 0 Å². The van der Waals surface area contributed by atoms with Crippen molar-refractivity contribution < 1.29 is 18.0 Å². The lowest BCUT2D eigenvalue weighted by Crippen LogP contribution is -2.11. The summed E-state index contributed by atoms with van der Waals surface area (Å²) in [4.78, 5) is 12.1. The van der Waals surface area contributed by atoms with Crippen molar-refractivity contribution in [2.45, 2.75) is 13.1 Å². The summed E-state index contributed by atoms with van der Waals surface area (Å²) < 4.78 is 42.3. The summed E-state index contributed by atoms with van der Waals surface area (Å²) in [6, 6.07) is 10.4. The molecule has 7 heteroatoms. The normalized spacial score (nSPS) is 11.9. The molecule has 0 saturated carbocycles. The van der Waals surface area contributed by atoms with E-state index in [4.69, 9.17) is 23.2 Å². The van der Waals surface area contributed by atoms with Crippen molar-refractivity contribution in [3.63, 3.8) is 0 Å². The summed E-state index contributed by atoms with van der Waals surface area (Å²) in [7, 11) is 0. The molecule has 1 heterocycles. The van der Waals surface area contributed by atoms with Crippen LogP contribution in [0.4, 0.5) is 13.2 Å². The summed E-state index contributed by atoms with van der Waals surface area (Å²) in [6.07, 6.45) is -4.67. The molecule has 124 valence electrons. The zero-order chi connectivity index (χ0) is 17.6. The van der Waals surface area contributed by atoms with Crippen molar-refractivity contribution >= 4 is 40.0 Å². The molecule has 0 bridgehead atoms. The summed E-state index contributed by atoms with van der Waals surface area (Å²) in [5, 5.41) is -0.0848. The van der Waals surface area contributed by atoms with Crippen molar-refractivity contribution in [3.05, 3.63) is 58.1 Å². The fourth-order valence-electron chi connectivity index (χ4n) is 2.76. The van der Waals surface area contributed by atoms with Gasteiger partial charge in [0.1, 0.15) is 0 Å². The minimum Gasteiger partial charge on any atom is -0.279 e. The second-order valence-corrected chi connectivity index (χ2v) is 6.04. The summed E-state index contributed by atoms with van der Waals surface area (Å²) in [5.74, 6) is -0.548. The molecule has 0 radical (unpaired) electrons. The molecule has 1 aromatic heterocycles. The second-order valence-electron chi connectivity index (χ2n) is 5.23. The average molecular weight is 372 g/mol. The van der Waals surface area contributed by atoms with Crippen molar-refractivity contribution in [1.82, 2.24) is 4.57 Å². The number of alkyl halides is 3. The zero-order valence-electron chi connectivity index (χ0n) is 12.3. The molecule has 0 aliphatic heterocycles. The molecule has 24 heavy (non-hydrogen) atoms. The van der Waals surface area contributed by atoms with Crippen LogP contribution in [-0.4, -0.2) is 10.5 Å². The van der Waals surface area contributed by atoms with Crippen LogP contribution in [0.5, 0.6) is 0 Å². The predicted octanol–water partition coefficient (Wildman–Crippen LogP) is 6.29. The van der Waals surface area contributed by atoms with E-state index in [1.165, 1.54) is 25.1 Å². The lowest BCUT2D eigenvalue weighted by atomic mass is 10.0. The van der Waals surface area contributed by atoms with Gasteiger partial charge in [0, 0.05) is 12.3 Å². The molecular weight excluding hydrogens is 362 g/mol. The molecule has 0 spiro atoms. The molecule has 2 aromatic carbocycles. The first-order valence-electron chi connectivity index (χ1n) is 6.89. The van der Waals surface area contributed by atoms with E-state index in [9.17, 15) is 18.0 Å². The largest absolute Gasteiger partial charge is 0.419 e. The van der Waals surface area contributed by atoms with Gasteiger partial charge in [0.05, 0.1) is 26.8 Å². The molecule has 3 aromatic rings. The number of benzene rings is 2.